The molecule has 0 saturated carbocycles. The number of fused-ring (bicyclic) bond motifs is 4. The summed E-state index contributed by atoms with van der Waals surface area (Å²) >= 11 is 3.44. The van der Waals surface area contributed by atoms with Crippen LogP contribution in [0.2, 0.25) is 0 Å². The van der Waals surface area contributed by atoms with Crippen molar-refractivity contribution in [1.29, 1.82) is 0 Å². The summed E-state index contributed by atoms with van der Waals surface area (Å²) in [6.45, 7) is 4.23. The second kappa shape index (κ2) is 33.9. The number of carbonyl (C=O) groups is 2. The summed E-state index contributed by atoms with van der Waals surface area (Å²) in [4.78, 5) is 46.7. The van der Waals surface area contributed by atoms with Crippen molar-refractivity contribution < 1.29 is 110 Å². The summed E-state index contributed by atoms with van der Waals surface area (Å²) in [5.41, 5.74) is 12.1. The molecule has 0 aliphatic carbocycles. The third-order valence-electron chi connectivity index (χ3n) is 20.9. The first-order valence-corrected chi connectivity index (χ1v) is 37.0. The van der Waals surface area contributed by atoms with Crippen molar-refractivity contribution in [2.45, 2.75) is 157 Å². The summed E-state index contributed by atoms with van der Waals surface area (Å²) < 4.78 is 170. The number of aliphatic hydroxyl groups is 2. The molecule has 2 atom stereocenters. The van der Waals surface area contributed by atoms with Crippen molar-refractivity contribution in [3.05, 3.63) is 170 Å². The first-order chi connectivity index (χ1) is 54.4. The molecule has 2 N–H and O–H groups in total. The number of esters is 2. The van der Waals surface area contributed by atoms with Crippen LogP contribution in [0.15, 0.2) is 143 Å². The number of hydrogen-bond acceptors (Lipinski definition) is 22. The van der Waals surface area contributed by atoms with Crippen molar-refractivity contribution in [3.63, 3.8) is 0 Å². The zero-order chi connectivity index (χ0) is 81.4. The minimum Gasteiger partial charge on any atom is -0.468 e. The average molecular weight is 1650 g/mol. The van der Waals surface area contributed by atoms with Gasteiger partial charge in [-0.1, -0.05) is 58.4 Å². The highest BCUT2D eigenvalue weighted by Crippen LogP contribution is 2.43. The van der Waals surface area contributed by atoms with Gasteiger partial charge in [-0.2, -0.15) is 35.1 Å². The number of methoxy groups -OCH3 is 2. The van der Waals surface area contributed by atoms with Crippen molar-refractivity contribution in [1.82, 2.24) is 29.7 Å². The highest BCUT2D eigenvalue weighted by atomic mass is 79.9. The molecular formula is C82H78BBrF8N6O16. The quantitative estimate of drug-likeness (QED) is 0.0363. The van der Waals surface area contributed by atoms with Gasteiger partial charge in [-0.25, -0.2) is 19.9 Å². The van der Waals surface area contributed by atoms with E-state index in [-0.39, 0.29) is 82.1 Å². The number of oxazole rings is 4. The summed E-state index contributed by atoms with van der Waals surface area (Å²) in [5.74, 6) is 0.124. The van der Waals surface area contributed by atoms with Gasteiger partial charge in [0.1, 0.15) is 57.1 Å². The van der Waals surface area contributed by atoms with Crippen LogP contribution in [0.25, 0.3) is 101 Å². The number of alkyl halides is 8. The highest BCUT2D eigenvalue weighted by molar-refractivity contribution is 9.10. The molecule has 3 saturated heterocycles. The van der Waals surface area contributed by atoms with E-state index >= 15 is 0 Å². The van der Waals surface area contributed by atoms with Gasteiger partial charge < -0.3 is 65.6 Å². The van der Waals surface area contributed by atoms with Crippen LogP contribution in [0.4, 0.5) is 35.1 Å². The van der Waals surface area contributed by atoms with E-state index in [9.17, 15) is 54.9 Å². The number of aromatic nitrogens is 4. The van der Waals surface area contributed by atoms with E-state index < -0.39 is 70.1 Å². The molecule has 12 aromatic rings. The number of rotatable bonds is 22. The van der Waals surface area contributed by atoms with E-state index in [1.165, 1.54) is 50.6 Å². The molecule has 0 unspecified atom stereocenters. The van der Waals surface area contributed by atoms with Crippen molar-refractivity contribution in [3.8, 4) is 79.9 Å². The largest absolute Gasteiger partial charge is 0.495 e. The van der Waals surface area contributed by atoms with Gasteiger partial charge in [0, 0.05) is 86.3 Å². The molecule has 7 heterocycles. The Bertz CT molecular complexity index is 5550. The van der Waals surface area contributed by atoms with Crippen molar-refractivity contribution in [2.75, 3.05) is 27.3 Å². The number of benzene rings is 8. The molecule has 0 radical (unpaired) electrons. The monoisotopic (exact) mass is 1640 g/mol. The molecule has 598 valence electrons. The van der Waals surface area contributed by atoms with E-state index in [4.69, 9.17) is 55.9 Å². The van der Waals surface area contributed by atoms with Crippen LogP contribution >= 0.6 is 15.9 Å². The minimum atomic E-state index is -3.07. The Hall–Kier alpha value is -10.5. The van der Waals surface area contributed by atoms with Crippen molar-refractivity contribution in [2.24, 2.45) is 0 Å². The Balaban J connectivity index is 0.000000161. The van der Waals surface area contributed by atoms with E-state index in [2.05, 4.69) is 35.4 Å². The average Bonchev–Trinajstić information content (AvgIpc) is 1.65. The maximum Gasteiger partial charge on any atom is 0.495 e. The summed E-state index contributed by atoms with van der Waals surface area (Å²) in [6, 6.07) is 33.4. The van der Waals surface area contributed by atoms with Crippen molar-refractivity contribution >= 4 is 84.8 Å². The zero-order valence-corrected chi connectivity index (χ0v) is 64.9. The Morgan fingerprint density at radius 3 is 1.11 bits per heavy atom. The fourth-order valence-corrected chi connectivity index (χ4v) is 14.7. The summed E-state index contributed by atoms with van der Waals surface area (Å²) in [6.07, 6.45) is 2.82. The molecule has 15 rings (SSSR count). The van der Waals surface area contributed by atoms with Gasteiger partial charge in [0.15, 0.2) is 22.3 Å². The number of ether oxygens (including phenoxy) is 6. The van der Waals surface area contributed by atoms with E-state index in [1.54, 1.807) is 12.1 Å². The van der Waals surface area contributed by atoms with Gasteiger partial charge in [0.05, 0.1) is 38.6 Å². The van der Waals surface area contributed by atoms with Crippen LogP contribution in [0, 0.1) is 27.7 Å². The predicted molar refractivity (Wildman–Crippen MR) is 408 cm³/mol. The van der Waals surface area contributed by atoms with Gasteiger partial charge >= 0.3 is 45.5 Å². The van der Waals surface area contributed by atoms with Gasteiger partial charge in [-0.05, 0) is 188 Å². The number of hydrogen-bond donors (Lipinski definition) is 2. The van der Waals surface area contributed by atoms with E-state index in [0.29, 0.717) is 93.2 Å². The lowest BCUT2D eigenvalue weighted by molar-refractivity contribution is -0.146. The Labute approximate surface area is 656 Å². The molecule has 3 aliphatic heterocycles. The maximum atomic E-state index is 13.5. The molecule has 0 amide bonds. The molecule has 0 bridgehead atoms. The third-order valence-corrected chi connectivity index (χ3v) is 21.8. The molecule has 3 fully saturated rings. The number of likely N-dealkylation sites (tertiary alicyclic amines) is 2. The fourth-order valence-electron chi connectivity index (χ4n) is 14.3. The van der Waals surface area contributed by atoms with Gasteiger partial charge in [0.25, 0.3) is 0 Å². The molecule has 114 heavy (non-hydrogen) atoms. The number of carbonyl (C=O) groups excluding carboxylic acids is 2. The summed E-state index contributed by atoms with van der Waals surface area (Å²) in [7, 11) is 2.11. The Morgan fingerprint density at radius 1 is 0.465 bits per heavy atom. The van der Waals surface area contributed by atoms with Crippen LogP contribution in [-0.2, 0) is 54.7 Å². The Morgan fingerprint density at radius 2 is 0.772 bits per heavy atom. The molecule has 3 aliphatic rings. The first-order valence-electron chi connectivity index (χ1n) is 36.2. The molecule has 0 spiro atoms. The lowest BCUT2D eigenvalue weighted by Crippen LogP contribution is -2.41. The molecular weight excluding hydrogens is 1570 g/mol. The van der Waals surface area contributed by atoms with Gasteiger partial charge in [-0.15, -0.1) is 0 Å². The van der Waals surface area contributed by atoms with Gasteiger partial charge in [0.2, 0.25) is 23.6 Å². The zero-order valence-electron chi connectivity index (χ0n) is 63.4. The maximum absolute atomic E-state index is 13.5. The number of aliphatic hydroxyl groups excluding tert-OH is 2. The number of nitrogens with zero attached hydrogens (tertiary/aromatic N) is 6. The van der Waals surface area contributed by atoms with Crippen LogP contribution < -0.4 is 24.4 Å². The molecule has 22 nitrogen and oxygen atoms in total. The van der Waals surface area contributed by atoms with E-state index in [0.717, 1.165) is 67.3 Å². The normalized spacial score (nSPS) is 16.2. The van der Waals surface area contributed by atoms with Crippen LogP contribution in [0.3, 0.4) is 0 Å². The number of halogens is 9. The second-order valence-electron chi connectivity index (χ2n) is 28.4. The lowest BCUT2D eigenvalue weighted by atomic mass is 9.75. The van der Waals surface area contributed by atoms with Crippen LogP contribution in [0.5, 0.6) is 23.0 Å². The van der Waals surface area contributed by atoms with Crippen LogP contribution in [0.1, 0.15) is 97.9 Å². The SMILES string of the molecule is COC(=O)[C@@H]1CCCN1Cc1cc2nc(-c3cccc(-c4cccc(-c5nc6cc(CO)c(OC(F)F)cc6o5)c4C)c3C)oc2cc1OC(F)F.COC(=O)[C@@H]1CCCN1Cc1cc2nc(-c3cccc(B4OC(C)(C)C(C)(C)O4)c3C)oc2cc1OC(F)F.Cc1c(Br)cccc1-c1nc2cc(CO)c(OC(F)F)cc2o1. The predicted octanol–water partition coefficient (Wildman–Crippen LogP) is 17.9. The smallest absolute Gasteiger partial charge is 0.468 e. The molecule has 32 heteroatoms. The van der Waals surface area contributed by atoms with Crippen LogP contribution in [-0.4, -0.2) is 136 Å². The first kappa shape index (κ1) is 81.5. The second-order valence-corrected chi connectivity index (χ2v) is 29.3. The molecule has 8 aromatic carbocycles. The topological polar surface area (TPSA) is 259 Å². The molecule has 4 aromatic heterocycles. The lowest BCUT2D eigenvalue weighted by Gasteiger charge is -2.32. The van der Waals surface area contributed by atoms with E-state index in [1.807, 2.05) is 138 Å². The standard InChI is InChI=1S/C38H33F4N3O7.C28H33BF2N2O6.C16H12BrF2NO3/c1-19-23(24-8-5-10-26(20(24)2)35-44-28-14-22(18-46)31(52-38(41)42)16-33(28)50-35)7-4-9-25(19)34-43-27-13-21(30(51-37(39)40)15-32(27)49-34)17-45-12-6-11-29(45)36(47)48-3;1-16-18(9-7-10-19(16)29-38-27(2,3)28(4,5)39-29)24-32-20-13-17(22(37-26(30)31)14-23(20)36-24)15-33-12-8-11-21(33)25(34)35-6;1-8-10(3-2-4-11(8)17)15-20-12-5-9(7-21)13(23-16(18)19)6-14(12)22-15/h4-5,7-10,13-16,29,37-38,46H,6,11-12,17-18H2,1-3H3;7,9-10,13-14,21,26H,8,11-12,15H2,1-6H3;2-6,16,21H,7H2,1H3/t29-;21-;/m00./s1. The minimum absolute atomic E-state index is 0.0154. The highest BCUT2D eigenvalue weighted by Gasteiger charge is 2.52. The Kier molecular flexibility index (Phi) is 24.3. The fraction of sp³-hybridized carbons (Fsp3) is 0.341. The summed E-state index contributed by atoms with van der Waals surface area (Å²) in [5, 5.41) is 19.0. The third kappa shape index (κ3) is 17.2. The van der Waals surface area contributed by atoms with Gasteiger partial charge in [-0.3, -0.25) is 19.4 Å².